The summed E-state index contributed by atoms with van der Waals surface area (Å²) in [6.07, 6.45) is 5.90. The SMILES string of the molecule is Cc1nc2c(c(N3CCN(c4ccc(F)cn4)CC3)n1)CCCC2. The van der Waals surface area contributed by atoms with Crippen LogP contribution in [0.1, 0.15) is 29.9 Å². The van der Waals surface area contributed by atoms with E-state index >= 15 is 0 Å². The number of piperazine rings is 1. The third-order valence-corrected chi connectivity index (χ3v) is 4.89. The molecule has 3 heterocycles. The smallest absolute Gasteiger partial charge is 0.141 e. The van der Waals surface area contributed by atoms with Gasteiger partial charge in [-0.15, -0.1) is 0 Å². The van der Waals surface area contributed by atoms with E-state index in [1.807, 2.05) is 6.92 Å². The van der Waals surface area contributed by atoms with Crippen molar-refractivity contribution in [1.82, 2.24) is 15.0 Å². The number of hydrogen-bond acceptors (Lipinski definition) is 5. The third-order valence-electron chi connectivity index (χ3n) is 4.89. The average molecular weight is 327 g/mol. The topological polar surface area (TPSA) is 45.2 Å². The van der Waals surface area contributed by atoms with Crippen LogP contribution in [0.25, 0.3) is 0 Å². The molecule has 0 atom stereocenters. The van der Waals surface area contributed by atoms with Crippen molar-refractivity contribution in [2.45, 2.75) is 32.6 Å². The summed E-state index contributed by atoms with van der Waals surface area (Å²) in [4.78, 5) is 18.2. The minimum absolute atomic E-state index is 0.291. The number of hydrogen-bond donors (Lipinski definition) is 0. The first-order valence-electron chi connectivity index (χ1n) is 8.68. The zero-order valence-corrected chi connectivity index (χ0v) is 14.0. The van der Waals surface area contributed by atoms with Crippen molar-refractivity contribution in [3.63, 3.8) is 0 Å². The Balaban J connectivity index is 1.52. The van der Waals surface area contributed by atoms with Gasteiger partial charge in [0, 0.05) is 37.4 Å². The van der Waals surface area contributed by atoms with Crippen molar-refractivity contribution in [3.05, 3.63) is 41.2 Å². The Hall–Kier alpha value is -2.24. The van der Waals surface area contributed by atoms with Gasteiger partial charge < -0.3 is 9.80 Å². The van der Waals surface area contributed by atoms with Gasteiger partial charge in [-0.25, -0.2) is 19.3 Å². The summed E-state index contributed by atoms with van der Waals surface area (Å²) in [5.41, 5.74) is 2.59. The van der Waals surface area contributed by atoms with Crippen LogP contribution in [0.2, 0.25) is 0 Å². The van der Waals surface area contributed by atoms with E-state index in [-0.39, 0.29) is 5.82 Å². The van der Waals surface area contributed by atoms with Crippen LogP contribution in [0.3, 0.4) is 0 Å². The van der Waals surface area contributed by atoms with Gasteiger partial charge in [0.2, 0.25) is 0 Å². The molecule has 4 rings (SSSR count). The van der Waals surface area contributed by atoms with Crippen LogP contribution >= 0.6 is 0 Å². The fourth-order valence-corrected chi connectivity index (χ4v) is 3.66. The minimum atomic E-state index is -0.291. The molecule has 0 spiro atoms. The lowest BCUT2D eigenvalue weighted by atomic mass is 9.96. The van der Waals surface area contributed by atoms with Gasteiger partial charge in [0.25, 0.3) is 0 Å². The van der Waals surface area contributed by atoms with Crippen LogP contribution in [0, 0.1) is 12.7 Å². The second-order valence-electron chi connectivity index (χ2n) is 6.54. The molecule has 24 heavy (non-hydrogen) atoms. The summed E-state index contributed by atoms with van der Waals surface area (Å²) in [5, 5.41) is 0. The van der Waals surface area contributed by atoms with E-state index in [1.165, 1.54) is 36.4 Å². The van der Waals surface area contributed by atoms with Crippen molar-refractivity contribution in [2.24, 2.45) is 0 Å². The summed E-state index contributed by atoms with van der Waals surface area (Å²) < 4.78 is 13.0. The Morgan fingerprint density at radius 3 is 2.46 bits per heavy atom. The standard InChI is InChI=1S/C18H22FN5/c1-13-21-16-5-3-2-4-15(16)18(22-13)24-10-8-23(9-11-24)17-7-6-14(19)12-20-17/h6-7,12H,2-5,8-11H2,1H3. The Morgan fingerprint density at radius 2 is 1.71 bits per heavy atom. The zero-order chi connectivity index (χ0) is 16.5. The lowest BCUT2D eigenvalue weighted by Crippen LogP contribution is -2.47. The van der Waals surface area contributed by atoms with Crippen molar-refractivity contribution in [2.75, 3.05) is 36.0 Å². The molecule has 2 aliphatic rings. The molecule has 5 nitrogen and oxygen atoms in total. The number of aryl methyl sites for hydroxylation is 2. The Kier molecular flexibility index (Phi) is 4.04. The largest absolute Gasteiger partial charge is 0.353 e. The summed E-state index contributed by atoms with van der Waals surface area (Å²) in [6, 6.07) is 3.22. The molecule has 0 bridgehead atoms. The van der Waals surface area contributed by atoms with Gasteiger partial charge >= 0.3 is 0 Å². The number of halogens is 1. The normalized spacial score (nSPS) is 17.8. The van der Waals surface area contributed by atoms with E-state index < -0.39 is 0 Å². The number of fused-ring (bicyclic) bond motifs is 1. The molecule has 0 saturated carbocycles. The molecule has 2 aromatic heterocycles. The van der Waals surface area contributed by atoms with E-state index in [4.69, 9.17) is 4.98 Å². The van der Waals surface area contributed by atoms with Crippen LogP contribution in [-0.4, -0.2) is 41.1 Å². The van der Waals surface area contributed by atoms with Crippen LogP contribution in [0.4, 0.5) is 16.0 Å². The molecule has 1 aliphatic heterocycles. The molecule has 0 unspecified atom stereocenters. The number of anilines is 2. The van der Waals surface area contributed by atoms with Crippen molar-refractivity contribution in [3.8, 4) is 0 Å². The highest BCUT2D eigenvalue weighted by molar-refractivity contribution is 5.52. The summed E-state index contributed by atoms with van der Waals surface area (Å²) >= 11 is 0. The van der Waals surface area contributed by atoms with Gasteiger partial charge in [0.05, 0.1) is 6.20 Å². The number of pyridine rings is 1. The number of aromatic nitrogens is 3. The first kappa shape index (κ1) is 15.3. The van der Waals surface area contributed by atoms with Crippen molar-refractivity contribution >= 4 is 11.6 Å². The Labute approximate surface area is 141 Å². The summed E-state index contributed by atoms with van der Waals surface area (Å²) in [6.45, 7) is 5.54. The van der Waals surface area contributed by atoms with E-state index in [1.54, 1.807) is 6.07 Å². The van der Waals surface area contributed by atoms with E-state index in [2.05, 4.69) is 19.8 Å². The number of nitrogens with zero attached hydrogens (tertiary/aromatic N) is 5. The highest BCUT2D eigenvalue weighted by Crippen LogP contribution is 2.29. The summed E-state index contributed by atoms with van der Waals surface area (Å²) in [7, 11) is 0. The minimum Gasteiger partial charge on any atom is -0.353 e. The molecule has 0 radical (unpaired) electrons. The molecule has 1 fully saturated rings. The van der Waals surface area contributed by atoms with Crippen molar-refractivity contribution in [1.29, 1.82) is 0 Å². The molecular weight excluding hydrogens is 305 g/mol. The quantitative estimate of drug-likeness (QED) is 0.848. The molecule has 0 amide bonds. The van der Waals surface area contributed by atoms with Gasteiger partial charge in [-0.1, -0.05) is 0 Å². The predicted molar refractivity (Wildman–Crippen MR) is 92.0 cm³/mol. The third kappa shape index (κ3) is 2.92. The molecular formula is C18H22FN5. The molecule has 0 N–H and O–H groups in total. The zero-order valence-electron chi connectivity index (χ0n) is 14.0. The number of rotatable bonds is 2. The van der Waals surface area contributed by atoms with Gasteiger partial charge in [0.1, 0.15) is 23.3 Å². The fourth-order valence-electron chi connectivity index (χ4n) is 3.66. The molecule has 6 heteroatoms. The van der Waals surface area contributed by atoms with Crippen LogP contribution in [0.5, 0.6) is 0 Å². The van der Waals surface area contributed by atoms with E-state index in [0.29, 0.717) is 0 Å². The van der Waals surface area contributed by atoms with Gasteiger partial charge in [-0.3, -0.25) is 0 Å². The maximum atomic E-state index is 13.0. The predicted octanol–water partition coefficient (Wildman–Crippen LogP) is 2.52. The molecule has 1 aliphatic carbocycles. The molecule has 1 saturated heterocycles. The molecule has 2 aromatic rings. The highest BCUT2D eigenvalue weighted by Gasteiger charge is 2.24. The monoisotopic (exact) mass is 327 g/mol. The maximum absolute atomic E-state index is 13.0. The van der Waals surface area contributed by atoms with Crippen LogP contribution in [0.15, 0.2) is 18.3 Å². The van der Waals surface area contributed by atoms with Gasteiger partial charge in [-0.05, 0) is 44.7 Å². The van der Waals surface area contributed by atoms with Gasteiger partial charge in [-0.2, -0.15) is 0 Å². The van der Waals surface area contributed by atoms with Crippen LogP contribution in [-0.2, 0) is 12.8 Å². The molecule has 0 aromatic carbocycles. The summed E-state index contributed by atoms with van der Waals surface area (Å²) in [5.74, 6) is 2.55. The van der Waals surface area contributed by atoms with E-state index in [0.717, 1.165) is 56.5 Å². The average Bonchev–Trinajstić information content (AvgIpc) is 2.62. The van der Waals surface area contributed by atoms with Crippen LogP contribution < -0.4 is 9.80 Å². The lowest BCUT2D eigenvalue weighted by Gasteiger charge is -2.37. The highest BCUT2D eigenvalue weighted by atomic mass is 19.1. The first-order valence-corrected chi connectivity index (χ1v) is 8.68. The fraction of sp³-hybridized carbons (Fsp3) is 0.500. The van der Waals surface area contributed by atoms with Crippen molar-refractivity contribution < 1.29 is 4.39 Å². The van der Waals surface area contributed by atoms with E-state index in [9.17, 15) is 4.39 Å². The molecule has 126 valence electrons. The second kappa shape index (κ2) is 6.34. The lowest BCUT2D eigenvalue weighted by molar-refractivity contribution is 0.608. The maximum Gasteiger partial charge on any atom is 0.141 e. The Morgan fingerprint density at radius 1 is 0.958 bits per heavy atom. The second-order valence-corrected chi connectivity index (χ2v) is 6.54. The van der Waals surface area contributed by atoms with Gasteiger partial charge in [0.15, 0.2) is 0 Å². The Bertz CT molecular complexity index is 723. The first-order chi connectivity index (χ1) is 11.7.